The first-order valence-electron chi connectivity index (χ1n) is 5.65. The summed E-state index contributed by atoms with van der Waals surface area (Å²) in [4.78, 5) is 3.82. The van der Waals surface area contributed by atoms with E-state index in [2.05, 4.69) is 4.98 Å². The minimum absolute atomic E-state index is 0.0593. The number of pyridine rings is 1. The molecular formula is C13H12ClNO4S. The molecule has 0 fully saturated rings. The van der Waals surface area contributed by atoms with Crippen molar-refractivity contribution in [2.24, 2.45) is 0 Å². The molecule has 106 valence electrons. The normalized spacial score (nSPS) is 11.1. The third-order valence-corrected chi connectivity index (χ3v) is 3.88. The Morgan fingerprint density at radius 1 is 1.15 bits per heavy atom. The van der Waals surface area contributed by atoms with E-state index >= 15 is 0 Å². The van der Waals surface area contributed by atoms with Crippen molar-refractivity contribution in [1.29, 1.82) is 0 Å². The smallest absolute Gasteiger partial charge is 0.262 e. The lowest BCUT2D eigenvalue weighted by atomic mass is 10.2. The molecule has 5 nitrogen and oxygen atoms in total. The van der Waals surface area contributed by atoms with Crippen LogP contribution in [-0.2, 0) is 15.7 Å². The fourth-order valence-electron chi connectivity index (χ4n) is 1.48. The lowest BCUT2D eigenvalue weighted by molar-refractivity contribution is 0.293. The lowest BCUT2D eigenvalue weighted by Crippen LogP contribution is -1.98. The maximum Gasteiger partial charge on any atom is 0.262 e. The van der Waals surface area contributed by atoms with Crippen LogP contribution in [0.5, 0.6) is 11.6 Å². The Morgan fingerprint density at radius 2 is 1.85 bits per heavy atom. The molecule has 1 heterocycles. The molecule has 2 aromatic rings. The summed E-state index contributed by atoms with van der Waals surface area (Å²) in [7, 11) is 3.04. The first kappa shape index (κ1) is 14.6. The molecule has 0 radical (unpaired) electrons. The maximum atomic E-state index is 11.1. The largest absolute Gasteiger partial charge is 0.497 e. The molecule has 0 saturated carbocycles. The summed E-state index contributed by atoms with van der Waals surface area (Å²) in [6.45, 7) is 0.323. The number of aromatic nitrogens is 1. The van der Waals surface area contributed by atoms with Gasteiger partial charge in [-0.2, -0.15) is 0 Å². The third kappa shape index (κ3) is 3.85. The second-order valence-corrected chi connectivity index (χ2v) is 6.47. The zero-order valence-electron chi connectivity index (χ0n) is 10.6. The van der Waals surface area contributed by atoms with Crippen LogP contribution in [0.3, 0.4) is 0 Å². The van der Waals surface area contributed by atoms with E-state index in [1.165, 1.54) is 12.1 Å². The van der Waals surface area contributed by atoms with Gasteiger partial charge >= 0.3 is 0 Å². The minimum atomic E-state index is -3.75. The predicted molar refractivity (Wildman–Crippen MR) is 74.6 cm³/mol. The quantitative estimate of drug-likeness (QED) is 0.794. The Morgan fingerprint density at radius 3 is 2.35 bits per heavy atom. The van der Waals surface area contributed by atoms with E-state index in [0.717, 1.165) is 17.5 Å². The van der Waals surface area contributed by atoms with Gasteiger partial charge in [-0.15, -0.1) is 0 Å². The first-order valence-corrected chi connectivity index (χ1v) is 7.96. The molecule has 0 aliphatic carbocycles. The number of ether oxygens (including phenoxy) is 2. The molecule has 20 heavy (non-hydrogen) atoms. The van der Waals surface area contributed by atoms with Crippen LogP contribution in [0.2, 0.25) is 0 Å². The fourth-order valence-corrected chi connectivity index (χ4v) is 2.16. The van der Waals surface area contributed by atoms with Crippen molar-refractivity contribution < 1.29 is 17.9 Å². The highest BCUT2D eigenvalue weighted by atomic mass is 35.7. The van der Waals surface area contributed by atoms with E-state index in [1.807, 2.05) is 24.3 Å². The van der Waals surface area contributed by atoms with Crippen molar-refractivity contribution in [2.75, 3.05) is 7.11 Å². The Balaban J connectivity index is 2.00. The summed E-state index contributed by atoms with van der Waals surface area (Å²) in [6.07, 6.45) is 1.16. The molecule has 0 unspecified atom stereocenters. The van der Waals surface area contributed by atoms with Crippen LogP contribution < -0.4 is 9.47 Å². The molecule has 0 bridgehead atoms. The maximum absolute atomic E-state index is 11.1. The van der Waals surface area contributed by atoms with E-state index in [-0.39, 0.29) is 4.90 Å². The molecule has 0 aliphatic heterocycles. The summed E-state index contributed by atoms with van der Waals surface area (Å²) in [5.74, 6) is 1.09. The average molecular weight is 314 g/mol. The molecule has 0 aliphatic rings. The first-order chi connectivity index (χ1) is 9.49. The number of hydrogen-bond acceptors (Lipinski definition) is 5. The van der Waals surface area contributed by atoms with E-state index in [9.17, 15) is 8.42 Å². The van der Waals surface area contributed by atoms with Crippen LogP contribution in [0, 0.1) is 0 Å². The van der Waals surface area contributed by atoms with Gasteiger partial charge in [0.2, 0.25) is 5.88 Å². The second kappa shape index (κ2) is 6.11. The van der Waals surface area contributed by atoms with Gasteiger partial charge in [0.25, 0.3) is 9.05 Å². The second-order valence-electron chi connectivity index (χ2n) is 3.91. The van der Waals surface area contributed by atoms with Crippen LogP contribution in [0.1, 0.15) is 5.56 Å². The Hall–Kier alpha value is -1.79. The van der Waals surface area contributed by atoms with Crippen LogP contribution >= 0.6 is 10.7 Å². The standard InChI is InChI=1S/C13H12ClNO4S/c1-18-11-4-2-10(3-5-11)9-19-13-7-6-12(8-15-13)20(14,16)17/h2-8H,9H2,1H3. The van der Waals surface area contributed by atoms with Gasteiger partial charge in [-0.3, -0.25) is 0 Å². The molecule has 0 atom stereocenters. The van der Waals surface area contributed by atoms with Gasteiger partial charge in [-0.1, -0.05) is 12.1 Å². The van der Waals surface area contributed by atoms with Crippen LogP contribution in [-0.4, -0.2) is 20.5 Å². The third-order valence-electron chi connectivity index (χ3n) is 2.54. The molecule has 0 N–H and O–H groups in total. The number of rotatable bonds is 5. The Labute approximate surface area is 121 Å². The zero-order valence-corrected chi connectivity index (χ0v) is 12.2. The predicted octanol–water partition coefficient (Wildman–Crippen LogP) is 2.60. The zero-order chi connectivity index (χ0) is 14.6. The minimum Gasteiger partial charge on any atom is -0.497 e. The Bertz CT molecular complexity index is 669. The summed E-state index contributed by atoms with van der Waals surface area (Å²) in [5, 5.41) is 0. The molecular weight excluding hydrogens is 302 g/mol. The van der Waals surface area contributed by atoms with Gasteiger partial charge in [-0.05, 0) is 23.8 Å². The molecule has 7 heteroatoms. The number of benzene rings is 1. The van der Waals surface area contributed by atoms with E-state index in [4.69, 9.17) is 20.2 Å². The van der Waals surface area contributed by atoms with E-state index in [1.54, 1.807) is 7.11 Å². The van der Waals surface area contributed by atoms with E-state index < -0.39 is 9.05 Å². The van der Waals surface area contributed by atoms with Crippen LogP contribution in [0.4, 0.5) is 0 Å². The van der Waals surface area contributed by atoms with Crippen molar-refractivity contribution in [3.05, 3.63) is 48.2 Å². The van der Waals surface area contributed by atoms with Gasteiger partial charge in [-0.25, -0.2) is 13.4 Å². The van der Waals surface area contributed by atoms with Crippen molar-refractivity contribution in [2.45, 2.75) is 11.5 Å². The molecule has 2 rings (SSSR count). The molecule has 0 amide bonds. The highest BCUT2D eigenvalue weighted by molar-refractivity contribution is 8.13. The lowest BCUT2D eigenvalue weighted by Gasteiger charge is -2.06. The van der Waals surface area contributed by atoms with Crippen molar-refractivity contribution in [1.82, 2.24) is 4.98 Å². The number of methoxy groups -OCH3 is 1. The molecule has 1 aromatic heterocycles. The molecule has 0 spiro atoms. The van der Waals surface area contributed by atoms with Crippen molar-refractivity contribution in [3.8, 4) is 11.6 Å². The van der Waals surface area contributed by atoms with Gasteiger partial charge < -0.3 is 9.47 Å². The molecule has 0 saturated heterocycles. The number of nitrogens with zero attached hydrogens (tertiary/aromatic N) is 1. The van der Waals surface area contributed by atoms with Gasteiger partial charge in [0.05, 0.1) is 13.3 Å². The van der Waals surface area contributed by atoms with Gasteiger partial charge in [0, 0.05) is 16.7 Å². The average Bonchev–Trinajstić information content (AvgIpc) is 2.45. The summed E-state index contributed by atoms with van der Waals surface area (Å²) < 4.78 is 32.6. The van der Waals surface area contributed by atoms with E-state index in [0.29, 0.717) is 12.5 Å². The van der Waals surface area contributed by atoms with Crippen molar-refractivity contribution in [3.63, 3.8) is 0 Å². The van der Waals surface area contributed by atoms with Crippen LogP contribution in [0.15, 0.2) is 47.5 Å². The summed E-state index contributed by atoms with van der Waals surface area (Å²) in [6, 6.07) is 10.2. The van der Waals surface area contributed by atoms with Crippen molar-refractivity contribution >= 4 is 19.7 Å². The number of halogens is 1. The van der Waals surface area contributed by atoms with Crippen LogP contribution in [0.25, 0.3) is 0 Å². The number of hydrogen-bond donors (Lipinski definition) is 0. The monoisotopic (exact) mass is 313 g/mol. The van der Waals surface area contributed by atoms with Gasteiger partial charge in [0.15, 0.2) is 0 Å². The SMILES string of the molecule is COc1ccc(COc2ccc(S(=O)(=O)Cl)cn2)cc1. The van der Waals surface area contributed by atoms with Gasteiger partial charge in [0.1, 0.15) is 17.3 Å². The highest BCUT2D eigenvalue weighted by Crippen LogP contribution is 2.17. The topological polar surface area (TPSA) is 65.5 Å². The summed E-state index contributed by atoms with van der Waals surface area (Å²) in [5.41, 5.74) is 0.946. The Kier molecular flexibility index (Phi) is 4.46. The fraction of sp³-hybridized carbons (Fsp3) is 0.154. The highest BCUT2D eigenvalue weighted by Gasteiger charge is 2.10. The summed E-state index contributed by atoms with van der Waals surface area (Å²) >= 11 is 0. The molecule has 1 aromatic carbocycles.